The van der Waals surface area contributed by atoms with Crippen molar-refractivity contribution in [2.45, 2.75) is 47.1 Å². The summed E-state index contributed by atoms with van der Waals surface area (Å²) in [6, 6.07) is 14.2. The molecular weight excluding hydrogens is 536 g/mol. The molecule has 0 N–H and O–H groups in total. The Morgan fingerprint density at radius 3 is 1.65 bits per heavy atom. The minimum atomic E-state index is -1.46. The highest BCUT2D eigenvalue weighted by atomic mass is 35.5. The Morgan fingerprint density at radius 2 is 1.20 bits per heavy atom. The van der Waals surface area contributed by atoms with Crippen LogP contribution in [-0.2, 0) is 19.9 Å². The van der Waals surface area contributed by atoms with E-state index in [0.717, 1.165) is 0 Å². The van der Waals surface area contributed by atoms with E-state index in [0.29, 0.717) is 16.7 Å². The van der Waals surface area contributed by atoms with Gasteiger partial charge >= 0.3 is 17.9 Å². The summed E-state index contributed by atoms with van der Waals surface area (Å²) in [5, 5.41) is -0.708. The number of hydrogen-bond acceptors (Lipinski definition) is 8. The summed E-state index contributed by atoms with van der Waals surface area (Å²) in [5.74, 6) is -0.523. The maximum atomic E-state index is 13.2. The van der Waals surface area contributed by atoms with Crippen LogP contribution in [0.1, 0.15) is 78.9 Å². The fourth-order valence-electron chi connectivity index (χ4n) is 4.46. The lowest BCUT2D eigenvalue weighted by Crippen LogP contribution is -2.33. The second-order valence-electron chi connectivity index (χ2n) is 11.8. The van der Waals surface area contributed by atoms with Gasteiger partial charge in [-0.15, -0.1) is 0 Å². The molecule has 0 amide bonds. The number of rotatable bonds is 3. The van der Waals surface area contributed by atoms with Gasteiger partial charge in [-0.3, -0.25) is 14.4 Å². The van der Waals surface area contributed by atoms with Gasteiger partial charge in [0, 0.05) is 34.4 Å². The molecule has 5 rings (SSSR count). The van der Waals surface area contributed by atoms with Crippen molar-refractivity contribution in [3.05, 3.63) is 82.4 Å². The van der Waals surface area contributed by atoms with Gasteiger partial charge in [-0.05, 0) is 89.5 Å². The number of carbonyl (C=O) groups is 4. The van der Waals surface area contributed by atoms with E-state index in [-0.39, 0.29) is 34.1 Å². The smallest absolute Gasteiger partial charge is 0.340 e. The summed E-state index contributed by atoms with van der Waals surface area (Å²) in [4.78, 5) is 50.1. The predicted molar refractivity (Wildman–Crippen MR) is 145 cm³/mol. The topological polar surface area (TPSA) is 105 Å². The minimum Gasteiger partial charge on any atom is -0.456 e. The largest absolute Gasteiger partial charge is 0.456 e. The Kier molecular flexibility index (Phi) is 6.30. The third kappa shape index (κ3) is 4.52. The van der Waals surface area contributed by atoms with Crippen LogP contribution in [-0.4, -0.2) is 23.2 Å². The standard InChI is InChI=1S/C31H27ClO8/c1-29(2,3)27(35)37-17-8-11-21-23(14-17)39-24-15-18(38-28(36)30(4,5)6)9-12-22(24)31(21)20-10-7-16(25(32)33)13-19(20)26(34)40-31/h7-15H,1-6H3. The van der Waals surface area contributed by atoms with Gasteiger partial charge < -0.3 is 18.9 Å². The first-order valence-corrected chi connectivity index (χ1v) is 13.0. The molecule has 0 aromatic heterocycles. The predicted octanol–water partition coefficient (Wildman–Crippen LogP) is 6.54. The highest BCUT2D eigenvalue weighted by molar-refractivity contribution is 6.67. The van der Waals surface area contributed by atoms with Crippen molar-refractivity contribution >= 4 is 34.8 Å². The molecule has 2 aliphatic rings. The Balaban J connectivity index is 1.69. The molecule has 8 nitrogen and oxygen atoms in total. The number of halogens is 1. The van der Waals surface area contributed by atoms with Crippen molar-refractivity contribution in [2.24, 2.45) is 10.8 Å². The summed E-state index contributed by atoms with van der Waals surface area (Å²) in [6.45, 7) is 10.4. The van der Waals surface area contributed by atoms with Gasteiger partial charge in [-0.1, -0.05) is 6.07 Å². The molecule has 206 valence electrons. The van der Waals surface area contributed by atoms with Crippen molar-refractivity contribution < 1.29 is 38.1 Å². The van der Waals surface area contributed by atoms with Crippen LogP contribution in [0.4, 0.5) is 0 Å². The molecule has 9 heteroatoms. The first kappa shape index (κ1) is 27.4. The molecule has 0 aliphatic carbocycles. The zero-order valence-electron chi connectivity index (χ0n) is 22.8. The van der Waals surface area contributed by atoms with Crippen LogP contribution in [0.3, 0.4) is 0 Å². The number of fused-ring (bicyclic) bond motifs is 6. The molecule has 0 bridgehead atoms. The number of hydrogen-bond donors (Lipinski definition) is 0. The third-order valence-electron chi connectivity index (χ3n) is 6.62. The van der Waals surface area contributed by atoms with Crippen LogP contribution in [0, 0.1) is 10.8 Å². The van der Waals surface area contributed by atoms with Crippen molar-refractivity contribution in [3.8, 4) is 23.0 Å². The highest BCUT2D eigenvalue weighted by Gasteiger charge is 2.54. The highest BCUT2D eigenvalue weighted by Crippen LogP contribution is 2.57. The van der Waals surface area contributed by atoms with Gasteiger partial charge in [0.05, 0.1) is 16.4 Å². The summed E-state index contributed by atoms with van der Waals surface area (Å²) in [5.41, 5.74) is -1.18. The molecular formula is C31H27ClO8. The molecule has 0 saturated carbocycles. The number of benzene rings is 3. The monoisotopic (exact) mass is 562 g/mol. The van der Waals surface area contributed by atoms with Crippen molar-refractivity contribution in [3.63, 3.8) is 0 Å². The van der Waals surface area contributed by atoms with E-state index in [1.54, 1.807) is 84.0 Å². The van der Waals surface area contributed by atoms with E-state index in [1.807, 2.05) is 0 Å². The van der Waals surface area contributed by atoms with Crippen LogP contribution in [0.2, 0.25) is 0 Å². The fourth-order valence-corrected chi connectivity index (χ4v) is 4.58. The molecule has 0 atom stereocenters. The van der Waals surface area contributed by atoms with Crippen LogP contribution < -0.4 is 14.2 Å². The summed E-state index contributed by atoms with van der Waals surface area (Å²) >= 11 is 5.68. The van der Waals surface area contributed by atoms with Gasteiger partial charge in [-0.2, -0.15) is 0 Å². The number of carbonyl (C=O) groups excluding carboxylic acids is 4. The van der Waals surface area contributed by atoms with E-state index in [4.69, 9.17) is 30.5 Å². The Hall–Kier alpha value is -4.17. The van der Waals surface area contributed by atoms with E-state index in [2.05, 4.69) is 0 Å². The maximum Gasteiger partial charge on any atom is 0.340 e. The third-order valence-corrected chi connectivity index (χ3v) is 6.84. The van der Waals surface area contributed by atoms with Crippen molar-refractivity contribution in [2.75, 3.05) is 0 Å². The van der Waals surface area contributed by atoms with Gasteiger partial charge in [-0.25, -0.2) is 4.79 Å². The normalized spacial score (nSPS) is 14.8. The quantitative estimate of drug-likeness (QED) is 0.201. The van der Waals surface area contributed by atoms with Crippen molar-refractivity contribution in [1.82, 2.24) is 0 Å². The van der Waals surface area contributed by atoms with Crippen LogP contribution in [0.5, 0.6) is 23.0 Å². The van der Waals surface area contributed by atoms with E-state index in [1.165, 1.54) is 12.1 Å². The maximum absolute atomic E-state index is 13.2. The molecule has 0 fully saturated rings. The van der Waals surface area contributed by atoms with E-state index >= 15 is 0 Å². The zero-order chi connectivity index (χ0) is 29.2. The SMILES string of the molecule is CC(C)(C)C(=O)Oc1ccc2c(c1)Oc1cc(OC(=O)C(C)(C)C)ccc1C21OC(=O)c2cc(C(=O)Cl)ccc21. The average molecular weight is 563 g/mol. The van der Waals surface area contributed by atoms with Crippen LogP contribution >= 0.6 is 11.6 Å². The second-order valence-corrected chi connectivity index (χ2v) is 12.1. The van der Waals surface area contributed by atoms with E-state index in [9.17, 15) is 19.2 Å². The summed E-state index contributed by atoms with van der Waals surface area (Å²) < 4.78 is 23.5. The Morgan fingerprint density at radius 1 is 0.725 bits per heavy atom. The lowest BCUT2D eigenvalue weighted by atomic mass is 9.77. The van der Waals surface area contributed by atoms with Gasteiger partial charge in [0.2, 0.25) is 0 Å². The molecule has 2 aliphatic heterocycles. The minimum absolute atomic E-state index is 0.149. The van der Waals surface area contributed by atoms with Crippen LogP contribution in [0.15, 0.2) is 54.6 Å². The Labute approximate surface area is 236 Å². The molecule has 40 heavy (non-hydrogen) atoms. The zero-order valence-corrected chi connectivity index (χ0v) is 23.6. The first-order chi connectivity index (χ1) is 18.6. The summed E-state index contributed by atoms with van der Waals surface area (Å²) in [6.07, 6.45) is 0. The van der Waals surface area contributed by atoms with E-state index < -0.39 is 39.6 Å². The number of esters is 3. The van der Waals surface area contributed by atoms with Gasteiger partial charge in [0.15, 0.2) is 5.60 Å². The molecule has 0 radical (unpaired) electrons. The first-order valence-electron chi connectivity index (χ1n) is 12.6. The van der Waals surface area contributed by atoms with Crippen LogP contribution in [0.25, 0.3) is 0 Å². The summed E-state index contributed by atoms with van der Waals surface area (Å²) in [7, 11) is 0. The lowest BCUT2D eigenvalue weighted by molar-refractivity contribution is -0.143. The molecule has 2 heterocycles. The molecule has 0 saturated heterocycles. The number of ether oxygens (including phenoxy) is 4. The average Bonchev–Trinajstić information content (AvgIpc) is 3.14. The molecule has 3 aromatic carbocycles. The molecule has 1 spiro atoms. The van der Waals surface area contributed by atoms with Gasteiger partial charge in [0.25, 0.3) is 5.24 Å². The molecule has 3 aromatic rings. The lowest BCUT2D eigenvalue weighted by Gasteiger charge is -2.36. The Bertz CT molecular complexity index is 1530. The van der Waals surface area contributed by atoms with Crippen molar-refractivity contribution in [1.29, 1.82) is 0 Å². The fraction of sp³-hybridized carbons (Fsp3) is 0.290. The van der Waals surface area contributed by atoms with Gasteiger partial charge in [0.1, 0.15) is 23.0 Å². The second kappa shape index (κ2) is 9.20. The molecule has 0 unspecified atom stereocenters.